The number of aryl methyl sites for hydroxylation is 2. The molecule has 4 aromatic rings. The molecule has 0 unspecified atom stereocenters. The second-order valence-corrected chi connectivity index (χ2v) is 9.09. The molecular weight excluding hydrogens is 460 g/mol. The van der Waals surface area contributed by atoms with Gasteiger partial charge < -0.3 is 10.2 Å². The van der Waals surface area contributed by atoms with Gasteiger partial charge in [0.2, 0.25) is 5.91 Å². The fraction of sp³-hybridized carbons (Fsp3) is 0.192. The minimum absolute atomic E-state index is 0.154. The summed E-state index contributed by atoms with van der Waals surface area (Å²) < 4.78 is 1.89. The molecule has 1 amide bonds. The quantitative estimate of drug-likeness (QED) is 0.259. The molecule has 3 aromatic heterocycles. The van der Waals surface area contributed by atoms with Crippen molar-refractivity contribution in [2.75, 3.05) is 12.4 Å². The monoisotopic (exact) mass is 482 g/mol. The molecule has 1 aromatic carbocycles. The van der Waals surface area contributed by atoms with Crippen molar-refractivity contribution >= 4 is 28.6 Å². The van der Waals surface area contributed by atoms with Crippen molar-refractivity contribution in [3.63, 3.8) is 0 Å². The van der Waals surface area contributed by atoms with Crippen molar-refractivity contribution in [3.8, 4) is 39.9 Å². The molecule has 5 rings (SSSR count). The summed E-state index contributed by atoms with van der Waals surface area (Å²) in [6.07, 6.45) is 10.9. The van der Waals surface area contributed by atoms with Gasteiger partial charge >= 0.3 is 0 Å². The number of pyridine rings is 1. The molecule has 1 aliphatic rings. The van der Waals surface area contributed by atoms with E-state index in [1.807, 2.05) is 48.1 Å². The summed E-state index contributed by atoms with van der Waals surface area (Å²) in [5, 5.41) is 12.3. The number of nitrogens with one attached hydrogen (secondary N) is 1. The van der Waals surface area contributed by atoms with Gasteiger partial charge in [0.1, 0.15) is 7.11 Å². The lowest BCUT2D eigenvalue weighted by Gasteiger charge is -2.15. The number of hydrogen-bond donors (Lipinski definition) is 1. The summed E-state index contributed by atoms with van der Waals surface area (Å²) in [6, 6.07) is 9.73. The van der Waals surface area contributed by atoms with E-state index in [9.17, 15) is 4.79 Å². The van der Waals surface area contributed by atoms with Gasteiger partial charge in [-0.3, -0.25) is 9.78 Å². The Morgan fingerprint density at radius 1 is 1.31 bits per heavy atom. The van der Waals surface area contributed by atoms with Crippen LogP contribution in [0.5, 0.6) is 0 Å². The summed E-state index contributed by atoms with van der Waals surface area (Å²) in [5.74, 6) is 2.63. The maximum atomic E-state index is 11.7. The molecule has 1 N–H and O–H groups in total. The van der Waals surface area contributed by atoms with E-state index >= 15 is 0 Å². The summed E-state index contributed by atoms with van der Waals surface area (Å²) in [7, 11) is 1.49. The smallest absolute Gasteiger partial charge is 0.223 e. The van der Waals surface area contributed by atoms with E-state index in [0.717, 1.165) is 62.9 Å². The zero-order valence-electron chi connectivity index (χ0n) is 19.5. The Morgan fingerprint density at radius 3 is 2.89 bits per heavy atom. The Labute approximate surface area is 206 Å². The number of fused-ring (bicyclic) bond motifs is 3. The van der Waals surface area contributed by atoms with Crippen molar-refractivity contribution < 1.29 is 9.63 Å². The fourth-order valence-corrected chi connectivity index (χ4v) is 5.25. The molecule has 174 valence electrons. The van der Waals surface area contributed by atoms with Crippen LogP contribution in [0.15, 0.2) is 41.7 Å². The van der Waals surface area contributed by atoms with Crippen LogP contribution in [-0.2, 0) is 22.5 Å². The van der Waals surface area contributed by atoms with Gasteiger partial charge in [0.05, 0.1) is 39.4 Å². The van der Waals surface area contributed by atoms with Crippen LogP contribution >= 0.6 is 11.3 Å². The Bertz CT molecular complexity index is 1510. The van der Waals surface area contributed by atoms with E-state index in [-0.39, 0.29) is 5.91 Å². The van der Waals surface area contributed by atoms with Gasteiger partial charge in [-0.25, -0.2) is 9.67 Å². The lowest BCUT2D eigenvalue weighted by Crippen LogP contribution is -2.07. The van der Waals surface area contributed by atoms with Crippen LogP contribution in [0.4, 0.5) is 5.13 Å². The van der Waals surface area contributed by atoms with Crippen LogP contribution in [0.25, 0.3) is 27.5 Å². The molecule has 8 nitrogen and oxygen atoms in total. The first kappa shape index (κ1) is 22.5. The van der Waals surface area contributed by atoms with Gasteiger partial charge in [0.15, 0.2) is 5.13 Å². The number of amides is 1. The lowest BCUT2D eigenvalue weighted by molar-refractivity contribution is -0.114. The summed E-state index contributed by atoms with van der Waals surface area (Å²) >= 11 is 1.44. The second kappa shape index (κ2) is 9.16. The number of anilines is 1. The van der Waals surface area contributed by atoms with Crippen molar-refractivity contribution in [1.29, 1.82) is 0 Å². The molecule has 0 bridgehead atoms. The molecule has 0 spiro atoms. The van der Waals surface area contributed by atoms with Crippen molar-refractivity contribution in [1.82, 2.24) is 19.7 Å². The number of aromatic nitrogens is 4. The van der Waals surface area contributed by atoms with E-state index in [4.69, 9.17) is 16.4 Å². The summed E-state index contributed by atoms with van der Waals surface area (Å²) in [6.45, 7) is 3.44. The van der Waals surface area contributed by atoms with Gasteiger partial charge in [0, 0.05) is 29.9 Å². The molecule has 3 heterocycles. The summed E-state index contributed by atoms with van der Waals surface area (Å²) in [5.41, 5.74) is 7.97. The number of carbonyl (C=O) groups excluding carboxylic acids is 1. The van der Waals surface area contributed by atoms with Crippen LogP contribution in [0.1, 0.15) is 35.0 Å². The molecule has 0 fully saturated rings. The Balaban J connectivity index is 1.74. The number of terminal acetylenes is 1. The van der Waals surface area contributed by atoms with E-state index in [2.05, 4.69) is 26.4 Å². The molecule has 0 radical (unpaired) electrons. The highest BCUT2D eigenvalue weighted by Gasteiger charge is 2.30. The third-order valence-corrected chi connectivity index (χ3v) is 6.71. The molecule has 0 aliphatic heterocycles. The minimum Gasteiger partial charge on any atom is -0.399 e. The predicted molar refractivity (Wildman–Crippen MR) is 137 cm³/mol. The maximum Gasteiger partial charge on any atom is 0.223 e. The van der Waals surface area contributed by atoms with Gasteiger partial charge in [-0.05, 0) is 49.6 Å². The Kier molecular flexibility index (Phi) is 5.89. The molecule has 0 saturated heterocycles. The number of nitrogens with zero attached hydrogens (tertiary/aromatic N) is 5. The minimum atomic E-state index is -0.154. The van der Waals surface area contributed by atoms with Crippen LogP contribution < -0.4 is 5.32 Å². The van der Waals surface area contributed by atoms with Crippen molar-refractivity contribution in [3.05, 3.63) is 64.6 Å². The first-order valence-electron chi connectivity index (χ1n) is 11.0. The zero-order chi connectivity index (χ0) is 24.5. The van der Waals surface area contributed by atoms with E-state index < -0.39 is 0 Å². The van der Waals surface area contributed by atoms with Crippen molar-refractivity contribution in [2.24, 2.45) is 5.16 Å². The third kappa shape index (κ3) is 4.20. The third-order valence-electron chi connectivity index (χ3n) is 5.69. The average molecular weight is 483 g/mol. The topological polar surface area (TPSA) is 94.3 Å². The number of thiazole rings is 1. The summed E-state index contributed by atoms with van der Waals surface area (Å²) in [4.78, 5) is 26.6. The standard InChI is InChI=1S/C26H22N6O2S/c1-5-18-12-17(13-28-34-4)7-11-22(18)32-24-20(23(31-32)19-8-6-15(2)27-14-19)9-10-21-25(24)35-26(30-21)29-16(3)33/h1,6-8,11-14H,9-10H2,2-4H3,(H,29,30,33)/b28-13+. The highest BCUT2D eigenvalue weighted by molar-refractivity contribution is 7.19. The molecule has 0 atom stereocenters. The van der Waals surface area contributed by atoms with E-state index in [1.165, 1.54) is 25.4 Å². The Morgan fingerprint density at radius 2 is 2.17 bits per heavy atom. The Hall–Kier alpha value is -4.29. The van der Waals surface area contributed by atoms with Crippen LogP contribution in [0.3, 0.4) is 0 Å². The molecule has 35 heavy (non-hydrogen) atoms. The zero-order valence-corrected chi connectivity index (χ0v) is 20.3. The predicted octanol–water partition coefficient (Wildman–Crippen LogP) is 4.38. The van der Waals surface area contributed by atoms with E-state index in [0.29, 0.717) is 10.7 Å². The first-order chi connectivity index (χ1) is 17.0. The average Bonchev–Trinajstić information content (AvgIpc) is 3.43. The SMILES string of the molecule is C#Cc1cc(/C=N/OC)ccc1-n1nc(-c2ccc(C)nc2)c2c1-c1sc(NC(C)=O)nc1CC2. The largest absolute Gasteiger partial charge is 0.399 e. The van der Waals surface area contributed by atoms with Crippen LogP contribution in [0.2, 0.25) is 0 Å². The first-order valence-corrected chi connectivity index (χ1v) is 11.8. The molecular formula is C26H22N6O2S. The van der Waals surface area contributed by atoms with Crippen LogP contribution in [-0.4, -0.2) is 39.0 Å². The second-order valence-electron chi connectivity index (χ2n) is 8.09. The maximum absolute atomic E-state index is 11.7. The van der Waals surface area contributed by atoms with Crippen LogP contribution in [0, 0.1) is 19.3 Å². The van der Waals surface area contributed by atoms with Gasteiger partial charge in [0.25, 0.3) is 0 Å². The van der Waals surface area contributed by atoms with Crippen molar-refractivity contribution in [2.45, 2.75) is 26.7 Å². The van der Waals surface area contributed by atoms with Gasteiger partial charge in [-0.2, -0.15) is 5.10 Å². The number of carbonyl (C=O) groups is 1. The molecule has 9 heteroatoms. The molecule has 0 saturated carbocycles. The lowest BCUT2D eigenvalue weighted by atomic mass is 9.95. The number of rotatable bonds is 5. The normalized spacial score (nSPS) is 12.2. The van der Waals surface area contributed by atoms with E-state index in [1.54, 1.807) is 6.21 Å². The number of benzene rings is 1. The molecule has 1 aliphatic carbocycles. The number of oxime groups is 1. The highest BCUT2D eigenvalue weighted by Crippen LogP contribution is 2.44. The van der Waals surface area contributed by atoms with Gasteiger partial charge in [-0.1, -0.05) is 28.5 Å². The number of hydrogen-bond acceptors (Lipinski definition) is 7. The highest BCUT2D eigenvalue weighted by atomic mass is 32.1. The van der Waals surface area contributed by atoms with Gasteiger partial charge in [-0.15, -0.1) is 6.42 Å². The fourth-order valence-electron chi connectivity index (χ4n) is 4.14.